The van der Waals surface area contributed by atoms with E-state index >= 15 is 0 Å². The number of benzene rings is 1. The smallest absolute Gasteiger partial charge is 0.0905 e. The SMILES string of the molecule is NNC(c1ccsc1)c1cnc2ccccc2n1. The van der Waals surface area contributed by atoms with Gasteiger partial charge in [-0.25, -0.2) is 10.4 Å². The molecule has 0 spiro atoms. The molecule has 2 heterocycles. The van der Waals surface area contributed by atoms with E-state index in [0.29, 0.717) is 0 Å². The highest BCUT2D eigenvalue weighted by Gasteiger charge is 2.15. The minimum atomic E-state index is -0.117. The van der Waals surface area contributed by atoms with E-state index < -0.39 is 0 Å². The second kappa shape index (κ2) is 4.81. The first kappa shape index (κ1) is 11.3. The van der Waals surface area contributed by atoms with Crippen molar-refractivity contribution in [3.63, 3.8) is 0 Å². The van der Waals surface area contributed by atoms with Gasteiger partial charge in [-0.1, -0.05) is 12.1 Å². The molecule has 0 amide bonds. The van der Waals surface area contributed by atoms with Crippen LogP contribution in [0.3, 0.4) is 0 Å². The summed E-state index contributed by atoms with van der Waals surface area (Å²) in [5, 5.41) is 4.08. The number of rotatable bonds is 3. The highest BCUT2D eigenvalue weighted by molar-refractivity contribution is 7.08. The van der Waals surface area contributed by atoms with Gasteiger partial charge in [0.05, 0.1) is 29.0 Å². The third kappa shape index (κ3) is 1.99. The normalized spacial score (nSPS) is 12.7. The van der Waals surface area contributed by atoms with E-state index in [0.717, 1.165) is 22.3 Å². The van der Waals surface area contributed by atoms with Crippen molar-refractivity contribution in [2.24, 2.45) is 5.84 Å². The fraction of sp³-hybridized carbons (Fsp3) is 0.0769. The van der Waals surface area contributed by atoms with E-state index in [1.54, 1.807) is 17.5 Å². The van der Waals surface area contributed by atoms with Crippen molar-refractivity contribution in [3.8, 4) is 0 Å². The largest absolute Gasteiger partial charge is 0.271 e. The van der Waals surface area contributed by atoms with Crippen LogP contribution in [0.2, 0.25) is 0 Å². The molecule has 3 rings (SSSR count). The summed E-state index contributed by atoms with van der Waals surface area (Å²) in [5.41, 5.74) is 6.49. The molecule has 0 aliphatic carbocycles. The highest BCUT2D eigenvalue weighted by Crippen LogP contribution is 2.22. The summed E-state index contributed by atoms with van der Waals surface area (Å²) in [5.74, 6) is 5.63. The van der Waals surface area contributed by atoms with Gasteiger partial charge >= 0.3 is 0 Å². The Morgan fingerprint density at radius 3 is 2.72 bits per heavy atom. The average molecular weight is 256 g/mol. The Balaban J connectivity index is 2.07. The molecule has 2 aromatic heterocycles. The van der Waals surface area contributed by atoms with Crippen LogP contribution in [0, 0.1) is 0 Å². The molecule has 0 saturated carbocycles. The number of hydrazine groups is 1. The summed E-state index contributed by atoms with van der Waals surface area (Å²) < 4.78 is 0. The van der Waals surface area contributed by atoms with Crippen LogP contribution in [0.5, 0.6) is 0 Å². The van der Waals surface area contributed by atoms with Gasteiger partial charge in [0.25, 0.3) is 0 Å². The van der Waals surface area contributed by atoms with Gasteiger partial charge in [0.2, 0.25) is 0 Å². The van der Waals surface area contributed by atoms with Crippen LogP contribution < -0.4 is 11.3 Å². The Morgan fingerprint density at radius 1 is 1.17 bits per heavy atom. The number of para-hydroxylation sites is 2. The van der Waals surface area contributed by atoms with Gasteiger partial charge in [0, 0.05) is 0 Å². The van der Waals surface area contributed by atoms with E-state index in [4.69, 9.17) is 5.84 Å². The third-order valence-corrected chi connectivity index (χ3v) is 3.51. The first-order valence-corrected chi connectivity index (χ1v) is 6.52. The van der Waals surface area contributed by atoms with Crippen molar-refractivity contribution in [2.75, 3.05) is 0 Å². The summed E-state index contributed by atoms with van der Waals surface area (Å²) in [6.45, 7) is 0. The van der Waals surface area contributed by atoms with Gasteiger partial charge < -0.3 is 0 Å². The predicted molar refractivity (Wildman–Crippen MR) is 73.0 cm³/mol. The number of fused-ring (bicyclic) bond motifs is 1. The molecule has 18 heavy (non-hydrogen) atoms. The number of thiophene rings is 1. The van der Waals surface area contributed by atoms with Crippen LogP contribution in [0.25, 0.3) is 11.0 Å². The molecule has 5 heteroatoms. The number of hydrogen-bond donors (Lipinski definition) is 2. The van der Waals surface area contributed by atoms with Crippen molar-refractivity contribution in [1.82, 2.24) is 15.4 Å². The van der Waals surface area contributed by atoms with Gasteiger partial charge in [-0.05, 0) is 34.5 Å². The topological polar surface area (TPSA) is 63.8 Å². The van der Waals surface area contributed by atoms with Crippen molar-refractivity contribution in [3.05, 3.63) is 58.5 Å². The lowest BCUT2D eigenvalue weighted by Gasteiger charge is -2.14. The molecule has 1 unspecified atom stereocenters. The van der Waals surface area contributed by atoms with Gasteiger partial charge in [-0.15, -0.1) is 0 Å². The summed E-state index contributed by atoms with van der Waals surface area (Å²) in [7, 11) is 0. The molecule has 3 N–H and O–H groups in total. The minimum absolute atomic E-state index is 0.117. The lowest BCUT2D eigenvalue weighted by atomic mass is 10.1. The lowest BCUT2D eigenvalue weighted by Crippen LogP contribution is -2.29. The van der Waals surface area contributed by atoms with Crippen LogP contribution in [0.1, 0.15) is 17.3 Å². The fourth-order valence-corrected chi connectivity index (χ4v) is 2.59. The molecule has 90 valence electrons. The molecule has 1 atom stereocenters. The van der Waals surface area contributed by atoms with Crippen LogP contribution in [0.15, 0.2) is 47.3 Å². The van der Waals surface area contributed by atoms with Crippen molar-refractivity contribution >= 4 is 22.4 Å². The van der Waals surface area contributed by atoms with Crippen LogP contribution >= 0.6 is 11.3 Å². The molecular formula is C13H12N4S. The minimum Gasteiger partial charge on any atom is -0.271 e. The maximum absolute atomic E-state index is 5.63. The fourth-order valence-electron chi connectivity index (χ4n) is 1.90. The van der Waals surface area contributed by atoms with Crippen molar-refractivity contribution in [1.29, 1.82) is 0 Å². The second-order valence-corrected chi connectivity index (χ2v) is 4.72. The van der Waals surface area contributed by atoms with E-state index in [9.17, 15) is 0 Å². The number of nitrogens with one attached hydrogen (secondary N) is 1. The lowest BCUT2D eigenvalue weighted by molar-refractivity contribution is 0.622. The maximum atomic E-state index is 5.63. The zero-order valence-electron chi connectivity index (χ0n) is 9.58. The molecule has 1 aromatic carbocycles. The second-order valence-electron chi connectivity index (χ2n) is 3.94. The molecule has 0 bridgehead atoms. The number of aromatic nitrogens is 2. The standard InChI is InChI=1S/C13H12N4S/c14-17-13(9-5-6-18-8-9)12-7-15-10-3-1-2-4-11(10)16-12/h1-8,13,17H,14H2. The molecule has 0 aliphatic rings. The van der Waals surface area contributed by atoms with Crippen LogP contribution in [-0.2, 0) is 0 Å². The number of nitrogens with zero attached hydrogens (tertiary/aromatic N) is 2. The summed E-state index contributed by atoms with van der Waals surface area (Å²) in [4.78, 5) is 9.01. The summed E-state index contributed by atoms with van der Waals surface area (Å²) in [6.07, 6.45) is 1.77. The Kier molecular flexibility index (Phi) is 3.02. The summed E-state index contributed by atoms with van der Waals surface area (Å²) in [6, 6.07) is 9.72. The van der Waals surface area contributed by atoms with Crippen LogP contribution in [-0.4, -0.2) is 9.97 Å². The molecule has 0 fully saturated rings. The number of nitrogens with two attached hydrogens (primary N) is 1. The molecule has 0 aliphatic heterocycles. The molecule has 0 radical (unpaired) electrons. The Morgan fingerprint density at radius 2 is 2.00 bits per heavy atom. The average Bonchev–Trinajstić information content (AvgIpc) is 2.93. The van der Waals surface area contributed by atoms with E-state index in [1.165, 1.54) is 0 Å². The first-order chi connectivity index (χ1) is 8.88. The zero-order valence-corrected chi connectivity index (χ0v) is 10.4. The third-order valence-electron chi connectivity index (χ3n) is 2.81. The van der Waals surface area contributed by atoms with Crippen molar-refractivity contribution < 1.29 is 0 Å². The highest BCUT2D eigenvalue weighted by atomic mass is 32.1. The van der Waals surface area contributed by atoms with E-state index in [2.05, 4.69) is 20.8 Å². The molecule has 3 aromatic rings. The van der Waals surface area contributed by atoms with Crippen LogP contribution in [0.4, 0.5) is 0 Å². The van der Waals surface area contributed by atoms with E-state index in [-0.39, 0.29) is 6.04 Å². The molecular weight excluding hydrogens is 244 g/mol. The van der Waals surface area contributed by atoms with Gasteiger partial charge in [-0.2, -0.15) is 11.3 Å². The maximum Gasteiger partial charge on any atom is 0.0905 e. The molecule has 0 saturated heterocycles. The number of hydrogen-bond acceptors (Lipinski definition) is 5. The Labute approximate surface area is 108 Å². The summed E-state index contributed by atoms with van der Waals surface area (Å²) >= 11 is 1.64. The Hall–Kier alpha value is -1.82. The monoisotopic (exact) mass is 256 g/mol. The van der Waals surface area contributed by atoms with Crippen molar-refractivity contribution in [2.45, 2.75) is 6.04 Å². The Bertz CT molecular complexity index is 651. The van der Waals surface area contributed by atoms with Gasteiger partial charge in [0.1, 0.15) is 0 Å². The zero-order chi connectivity index (χ0) is 12.4. The predicted octanol–water partition coefficient (Wildman–Crippen LogP) is 2.24. The van der Waals surface area contributed by atoms with E-state index in [1.807, 2.05) is 35.7 Å². The quantitative estimate of drug-likeness (QED) is 0.557. The van der Waals surface area contributed by atoms with Gasteiger partial charge in [0.15, 0.2) is 0 Å². The molecule has 4 nitrogen and oxygen atoms in total. The van der Waals surface area contributed by atoms with Gasteiger partial charge in [-0.3, -0.25) is 10.8 Å². The first-order valence-electron chi connectivity index (χ1n) is 5.58.